The van der Waals surface area contributed by atoms with E-state index in [1.54, 1.807) is 35.6 Å². The van der Waals surface area contributed by atoms with Crippen molar-refractivity contribution in [3.05, 3.63) is 50.9 Å². The second-order valence-corrected chi connectivity index (χ2v) is 7.71. The molecule has 0 bridgehead atoms. The van der Waals surface area contributed by atoms with Gasteiger partial charge in [0.2, 0.25) is 0 Å². The number of hydrogen-bond acceptors (Lipinski definition) is 4. The first kappa shape index (κ1) is 16.6. The molecule has 8 heteroatoms. The Morgan fingerprint density at radius 2 is 2.24 bits per heavy atom. The molecule has 2 aromatic rings. The summed E-state index contributed by atoms with van der Waals surface area (Å²) in [5.74, 6) is -1.06. The van der Waals surface area contributed by atoms with Crippen molar-refractivity contribution in [3.63, 3.8) is 0 Å². The van der Waals surface area contributed by atoms with Crippen LogP contribution in [-0.4, -0.2) is 21.3 Å². The number of rotatable bonds is 6. The Kier molecular flexibility index (Phi) is 5.54. The predicted molar refractivity (Wildman–Crippen MR) is 84.8 cm³/mol. The maximum atomic E-state index is 11.7. The normalized spacial score (nSPS) is 13.3. The maximum Gasteiger partial charge on any atom is 0.346 e. The van der Waals surface area contributed by atoms with E-state index in [1.807, 2.05) is 12.3 Å². The Labute approximate surface area is 132 Å². The van der Waals surface area contributed by atoms with Crippen LogP contribution in [0.5, 0.6) is 0 Å². The SMILES string of the molecule is Cc1csc(CCN[C@H](c2cccc(Cl)c2)P(=O)(O)O)n1. The van der Waals surface area contributed by atoms with Gasteiger partial charge in [-0.25, -0.2) is 4.98 Å². The molecule has 0 radical (unpaired) electrons. The number of hydrogen-bond donors (Lipinski definition) is 3. The summed E-state index contributed by atoms with van der Waals surface area (Å²) in [4.78, 5) is 23.4. The summed E-state index contributed by atoms with van der Waals surface area (Å²) >= 11 is 7.42. The Balaban J connectivity index is 2.06. The molecule has 114 valence electrons. The van der Waals surface area contributed by atoms with Crippen LogP contribution in [0, 0.1) is 6.92 Å². The first-order chi connectivity index (χ1) is 9.86. The van der Waals surface area contributed by atoms with E-state index in [4.69, 9.17) is 11.6 Å². The molecular weight excluding hydrogens is 331 g/mol. The van der Waals surface area contributed by atoms with Gasteiger partial charge in [-0.05, 0) is 24.6 Å². The molecule has 1 heterocycles. The Bertz CT molecular complexity index is 658. The van der Waals surface area contributed by atoms with E-state index in [9.17, 15) is 14.4 Å². The molecule has 1 aromatic heterocycles. The molecule has 0 saturated heterocycles. The van der Waals surface area contributed by atoms with E-state index in [2.05, 4.69) is 10.3 Å². The van der Waals surface area contributed by atoms with Crippen molar-refractivity contribution >= 4 is 30.5 Å². The Hall–Kier alpha value is -0.750. The summed E-state index contributed by atoms with van der Waals surface area (Å²) < 4.78 is 11.7. The second kappa shape index (κ2) is 7.01. The second-order valence-electron chi connectivity index (χ2n) is 4.63. The molecule has 0 aliphatic carbocycles. The van der Waals surface area contributed by atoms with Gasteiger partial charge in [0.15, 0.2) is 0 Å². The maximum absolute atomic E-state index is 11.7. The number of thiazole rings is 1. The minimum Gasteiger partial charge on any atom is -0.323 e. The zero-order chi connectivity index (χ0) is 15.5. The molecule has 1 aromatic carbocycles. The van der Waals surface area contributed by atoms with Crippen LogP contribution in [-0.2, 0) is 11.0 Å². The molecule has 0 fully saturated rings. The van der Waals surface area contributed by atoms with Crippen LogP contribution < -0.4 is 5.32 Å². The van der Waals surface area contributed by atoms with E-state index < -0.39 is 13.4 Å². The highest BCUT2D eigenvalue weighted by Gasteiger charge is 2.29. The van der Waals surface area contributed by atoms with Crippen molar-refractivity contribution in [1.29, 1.82) is 0 Å². The van der Waals surface area contributed by atoms with Crippen molar-refractivity contribution in [2.45, 2.75) is 19.1 Å². The van der Waals surface area contributed by atoms with Crippen molar-refractivity contribution in [2.75, 3.05) is 6.54 Å². The number of nitrogens with zero attached hydrogens (tertiary/aromatic N) is 1. The van der Waals surface area contributed by atoms with Gasteiger partial charge in [-0.3, -0.25) is 9.88 Å². The lowest BCUT2D eigenvalue weighted by Gasteiger charge is -2.20. The zero-order valence-electron chi connectivity index (χ0n) is 11.4. The first-order valence-corrected chi connectivity index (χ1v) is 9.25. The average Bonchev–Trinajstić information content (AvgIpc) is 2.79. The summed E-state index contributed by atoms with van der Waals surface area (Å²) in [7, 11) is -4.32. The van der Waals surface area contributed by atoms with Crippen LogP contribution in [0.3, 0.4) is 0 Å². The van der Waals surface area contributed by atoms with Crippen molar-refractivity contribution in [1.82, 2.24) is 10.3 Å². The number of benzene rings is 1. The molecule has 0 spiro atoms. The molecule has 0 unspecified atom stereocenters. The summed E-state index contributed by atoms with van der Waals surface area (Å²) in [5.41, 5.74) is 1.43. The molecular formula is C13H16ClN2O3PS. The van der Waals surface area contributed by atoms with E-state index >= 15 is 0 Å². The highest BCUT2D eigenvalue weighted by atomic mass is 35.5. The van der Waals surface area contributed by atoms with Crippen LogP contribution >= 0.6 is 30.5 Å². The quantitative estimate of drug-likeness (QED) is 0.700. The smallest absolute Gasteiger partial charge is 0.323 e. The molecule has 0 saturated carbocycles. The largest absolute Gasteiger partial charge is 0.346 e. The summed E-state index contributed by atoms with van der Waals surface area (Å²) in [5, 5.41) is 6.24. The van der Waals surface area contributed by atoms with Crippen molar-refractivity contribution in [2.24, 2.45) is 0 Å². The van der Waals surface area contributed by atoms with Gasteiger partial charge in [0.25, 0.3) is 0 Å². The first-order valence-electron chi connectivity index (χ1n) is 6.31. The van der Waals surface area contributed by atoms with Gasteiger partial charge in [-0.2, -0.15) is 0 Å². The van der Waals surface area contributed by atoms with Crippen molar-refractivity contribution < 1.29 is 14.4 Å². The minimum absolute atomic E-state index is 0.426. The lowest BCUT2D eigenvalue weighted by molar-refractivity contribution is 0.348. The molecule has 3 N–H and O–H groups in total. The standard InChI is InChI=1S/C13H16ClN2O3PS/c1-9-8-21-12(16-9)5-6-15-13(20(17,18)19)10-3-2-4-11(14)7-10/h2-4,7-8,13,15H,5-6H2,1H3,(H2,17,18,19)/t13-/m0/s1. The highest BCUT2D eigenvalue weighted by Crippen LogP contribution is 2.50. The van der Waals surface area contributed by atoms with E-state index in [0.717, 1.165) is 10.7 Å². The van der Waals surface area contributed by atoms with Crippen molar-refractivity contribution in [3.8, 4) is 0 Å². The minimum atomic E-state index is -4.32. The topological polar surface area (TPSA) is 82.5 Å². The summed E-state index contributed by atoms with van der Waals surface area (Å²) in [6.07, 6.45) is 0.621. The number of nitrogens with one attached hydrogen (secondary N) is 1. The van der Waals surface area contributed by atoms with E-state index in [-0.39, 0.29) is 0 Å². The summed E-state index contributed by atoms with van der Waals surface area (Å²) in [6, 6.07) is 6.55. The van der Waals surface area contributed by atoms with E-state index in [1.165, 1.54) is 0 Å². The monoisotopic (exact) mass is 346 g/mol. The molecule has 0 aliphatic rings. The third kappa shape index (κ3) is 4.88. The van der Waals surface area contributed by atoms with Crippen LogP contribution in [0.15, 0.2) is 29.6 Å². The van der Waals surface area contributed by atoms with Gasteiger partial charge in [-0.15, -0.1) is 11.3 Å². The van der Waals surface area contributed by atoms with Gasteiger partial charge < -0.3 is 9.79 Å². The molecule has 1 atom stereocenters. The molecule has 0 amide bonds. The fraction of sp³-hybridized carbons (Fsp3) is 0.308. The lowest BCUT2D eigenvalue weighted by atomic mass is 10.2. The third-order valence-corrected chi connectivity index (χ3v) is 5.26. The Morgan fingerprint density at radius 3 is 2.81 bits per heavy atom. The van der Waals surface area contributed by atoms with Gasteiger partial charge in [0, 0.05) is 29.1 Å². The third-order valence-electron chi connectivity index (χ3n) is 2.84. The zero-order valence-corrected chi connectivity index (χ0v) is 13.8. The van der Waals surface area contributed by atoms with Crippen LogP contribution in [0.25, 0.3) is 0 Å². The lowest BCUT2D eigenvalue weighted by Crippen LogP contribution is -2.24. The van der Waals surface area contributed by atoms with E-state index in [0.29, 0.717) is 23.6 Å². The number of aromatic nitrogens is 1. The van der Waals surface area contributed by atoms with Gasteiger partial charge in [-0.1, -0.05) is 23.7 Å². The predicted octanol–water partition coefficient (Wildman–Crippen LogP) is 3.11. The van der Waals surface area contributed by atoms with Crippen LogP contribution in [0.2, 0.25) is 5.02 Å². The van der Waals surface area contributed by atoms with Gasteiger partial charge >= 0.3 is 7.60 Å². The Morgan fingerprint density at radius 1 is 1.48 bits per heavy atom. The number of halogens is 1. The molecule has 21 heavy (non-hydrogen) atoms. The number of aryl methyl sites for hydroxylation is 1. The summed E-state index contributed by atoms with van der Waals surface area (Å²) in [6.45, 7) is 2.34. The molecule has 5 nitrogen and oxygen atoms in total. The van der Waals surface area contributed by atoms with Crippen LogP contribution in [0.4, 0.5) is 0 Å². The van der Waals surface area contributed by atoms with Gasteiger partial charge in [0.1, 0.15) is 5.78 Å². The molecule has 0 aliphatic heterocycles. The fourth-order valence-corrected chi connectivity index (χ4v) is 3.83. The molecule has 2 rings (SSSR count). The fourth-order valence-electron chi connectivity index (χ4n) is 1.94. The van der Waals surface area contributed by atoms with Gasteiger partial charge in [0.05, 0.1) is 5.01 Å². The average molecular weight is 347 g/mol. The highest BCUT2D eigenvalue weighted by molar-refractivity contribution is 7.52. The van der Waals surface area contributed by atoms with Crippen LogP contribution in [0.1, 0.15) is 22.0 Å².